The van der Waals surface area contributed by atoms with Crippen molar-refractivity contribution in [2.45, 2.75) is 19.3 Å². The Balaban J connectivity index is 1.08. The molecule has 0 aliphatic heterocycles. The molecule has 3 heteroatoms. The van der Waals surface area contributed by atoms with E-state index in [0.717, 1.165) is 28.1 Å². The molecule has 0 bridgehead atoms. The zero-order chi connectivity index (χ0) is 42.5. The molecule has 64 heavy (non-hydrogen) atoms. The number of nitrogens with zero attached hydrogens (tertiary/aromatic N) is 3. The fourth-order valence-corrected chi connectivity index (χ4v) is 10.7. The van der Waals surface area contributed by atoms with E-state index in [9.17, 15) is 0 Å². The average Bonchev–Trinajstić information content (AvgIpc) is 3.84. The van der Waals surface area contributed by atoms with Crippen LogP contribution in [0.5, 0.6) is 0 Å². The summed E-state index contributed by atoms with van der Waals surface area (Å²) < 4.78 is 2.09. The summed E-state index contributed by atoms with van der Waals surface area (Å²) >= 11 is 0. The van der Waals surface area contributed by atoms with Crippen molar-refractivity contribution in [2.75, 3.05) is 0 Å². The summed E-state index contributed by atoms with van der Waals surface area (Å²) in [5.74, 6) is 0.684. The highest BCUT2D eigenvalue weighted by Crippen LogP contribution is 2.54. The predicted molar refractivity (Wildman–Crippen MR) is 268 cm³/mol. The van der Waals surface area contributed by atoms with Gasteiger partial charge in [-0.3, -0.25) is 4.40 Å². The Kier molecular flexibility index (Phi) is 7.95. The molecule has 0 unspecified atom stereocenters. The van der Waals surface area contributed by atoms with Gasteiger partial charge in [-0.05, 0) is 135 Å². The third kappa shape index (κ3) is 5.54. The number of aromatic nitrogens is 3. The van der Waals surface area contributed by atoms with E-state index in [2.05, 4.69) is 211 Å². The SMILES string of the molecule is CC1(C)c2ccccc2-c2cc3c(-c4ccc5ccccc5c4)c4ccc(-c5ccc(-c6nc7ncccn7c6-c6ccccc6)cc5)cc4c(-c4ccc5ccccc5c4)c3cc21. The van der Waals surface area contributed by atoms with Crippen LogP contribution >= 0.6 is 0 Å². The largest absolute Gasteiger partial charge is 0.283 e. The Morgan fingerprint density at radius 3 is 1.70 bits per heavy atom. The van der Waals surface area contributed by atoms with Gasteiger partial charge in [-0.25, -0.2) is 9.97 Å². The van der Waals surface area contributed by atoms with E-state index < -0.39 is 0 Å². The molecule has 12 aromatic rings. The number of fused-ring (bicyclic) bond motifs is 8. The van der Waals surface area contributed by atoms with Crippen molar-refractivity contribution in [1.82, 2.24) is 14.4 Å². The van der Waals surface area contributed by atoms with Crippen LogP contribution in [-0.2, 0) is 5.41 Å². The van der Waals surface area contributed by atoms with Crippen LogP contribution in [0.15, 0.2) is 213 Å². The molecule has 2 aromatic heterocycles. The molecular formula is C61H41N3. The lowest BCUT2D eigenvalue weighted by Gasteiger charge is -2.24. The number of hydrogen-bond donors (Lipinski definition) is 0. The molecule has 0 spiro atoms. The van der Waals surface area contributed by atoms with Crippen molar-refractivity contribution in [1.29, 1.82) is 0 Å². The molecular weight excluding hydrogens is 775 g/mol. The maximum atomic E-state index is 5.06. The Hall–Kier alpha value is -8.14. The van der Waals surface area contributed by atoms with Crippen LogP contribution in [0.2, 0.25) is 0 Å². The molecule has 0 amide bonds. The van der Waals surface area contributed by atoms with Crippen LogP contribution in [0.25, 0.3) is 116 Å². The topological polar surface area (TPSA) is 30.2 Å². The Morgan fingerprint density at radius 1 is 0.391 bits per heavy atom. The molecule has 13 rings (SSSR count). The molecule has 0 atom stereocenters. The van der Waals surface area contributed by atoms with E-state index in [1.807, 2.05) is 18.3 Å². The van der Waals surface area contributed by atoms with Gasteiger partial charge < -0.3 is 0 Å². The molecule has 300 valence electrons. The van der Waals surface area contributed by atoms with Crippen molar-refractivity contribution in [2.24, 2.45) is 0 Å². The van der Waals surface area contributed by atoms with Gasteiger partial charge in [0.1, 0.15) is 0 Å². The minimum Gasteiger partial charge on any atom is -0.283 e. The molecule has 0 fully saturated rings. The lowest BCUT2D eigenvalue weighted by molar-refractivity contribution is 0.661. The summed E-state index contributed by atoms with van der Waals surface area (Å²) in [6.07, 6.45) is 3.85. The summed E-state index contributed by atoms with van der Waals surface area (Å²) in [7, 11) is 0. The molecule has 1 aliphatic rings. The third-order valence-electron chi connectivity index (χ3n) is 13.8. The van der Waals surface area contributed by atoms with Gasteiger partial charge in [-0.2, -0.15) is 0 Å². The molecule has 0 radical (unpaired) electrons. The van der Waals surface area contributed by atoms with Crippen molar-refractivity contribution >= 4 is 48.9 Å². The lowest BCUT2D eigenvalue weighted by Crippen LogP contribution is -2.14. The molecule has 10 aromatic carbocycles. The van der Waals surface area contributed by atoms with Gasteiger partial charge in [-0.1, -0.05) is 178 Å². The van der Waals surface area contributed by atoms with E-state index in [4.69, 9.17) is 4.98 Å². The van der Waals surface area contributed by atoms with Gasteiger partial charge >= 0.3 is 0 Å². The van der Waals surface area contributed by atoms with Gasteiger partial charge in [0, 0.05) is 28.9 Å². The smallest absolute Gasteiger partial charge is 0.234 e. The van der Waals surface area contributed by atoms with Gasteiger partial charge in [0.2, 0.25) is 5.78 Å². The molecule has 3 nitrogen and oxygen atoms in total. The Bertz CT molecular complexity index is 3860. The molecule has 0 N–H and O–H groups in total. The van der Waals surface area contributed by atoms with Crippen LogP contribution in [0.3, 0.4) is 0 Å². The second-order valence-electron chi connectivity index (χ2n) is 17.8. The number of hydrogen-bond acceptors (Lipinski definition) is 2. The second-order valence-corrected chi connectivity index (χ2v) is 17.8. The van der Waals surface area contributed by atoms with E-state index in [0.29, 0.717) is 5.78 Å². The summed E-state index contributed by atoms with van der Waals surface area (Å²) in [5, 5.41) is 9.96. The zero-order valence-electron chi connectivity index (χ0n) is 35.5. The highest BCUT2D eigenvalue weighted by molar-refractivity contribution is 6.23. The highest BCUT2D eigenvalue weighted by atomic mass is 15.1. The predicted octanol–water partition coefficient (Wildman–Crippen LogP) is 16.0. The van der Waals surface area contributed by atoms with Gasteiger partial charge in [0.25, 0.3) is 0 Å². The molecule has 1 aliphatic carbocycles. The summed E-state index contributed by atoms with van der Waals surface area (Å²) in [5.41, 5.74) is 16.6. The maximum absolute atomic E-state index is 5.06. The highest BCUT2D eigenvalue weighted by Gasteiger charge is 2.36. The van der Waals surface area contributed by atoms with E-state index in [-0.39, 0.29) is 5.41 Å². The van der Waals surface area contributed by atoms with Crippen LogP contribution in [0, 0.1) is 0 Å². The molecule has 0 saturated heterocycles. The first kappa shape index (κ1) is 36.5. The summed E-state index contributed by atoms with van der Waals surface area (Å²) in [4.78, 5) is 9.67. The standard InChI is InChI=1S/C61H41N3/c1-61(2)54-20-11-10-19-48(54)50-36-52-53(37-55(50)61)57(47-28-24-39-14-7-9-18-44(39)34-47)51-35-45(29-30-49(51)56(52)46-27-23-38-13-6-8-17-43(38)33-46)40-21-25-41(26-22-40)58-59(42-15-4-3-5-16-42)64-32-12-31-62-60(64)63-58/h3-37H,1-2H3. The van der Waals surface area contributed by atoms with Gasteiger partial charge in [-0.15, -0.1) is 0 Å². The van der Waals surface area contributed by atoms with E-state index in [1.165, 1.54) is 93.2 Å². The third-order valence-corrected chi connectivity index (χ3v) is 13.8. The molecule has 0 saturated carbocycles. The van der Waals surface area contributed by atoms with Crippen molar-refractivity contribution in [3.8, 4) is 67.0 Å². The van der Waals surface area contributed by atoms with Gasteiger partial charge in [0.15, 0.2) is 0 Å². The summed E-state index contributed by atoms with van der Waals surface area (Å²) in [6, 6.07) is 73.9. The van der Waals surface area contributed by atoms with Crippen LogP contribution in [-0.4, -0.2) is 14.4 Å². The maximum Gasteiger partial charge on any atom is 0.234 e. The fraction of sp³-hybridized carbons (Fsp3) is 0.0492. The normalized spacial score (nSPS) is 13.0. The average molecular weight is 816 g/mol. The monoisotopic (exact) mass is 815 g/mol. The quantitative estimate of drug-likeness (QED) is 0.162. The minimum absolute atomic E-state index is 0.153. The lowest BCUT2D eigenvalue weighted by atomic mass is 9.79. The first-order chi connectivity index (χ1) is 31.5. The summed E-state index contributed by atoms with van der Waals surface area (Å²) in [6.45, 7) is 4.77. The van der Waals surface area contributed by atoms with E-state index >= 15 is 0 Å². The van der Waals surface area contributed by atoms with Crippen molar-refractivity contribution in [3.05, 3.63) is 224 Å². The van der Waals surface area contributed by atoms with Crippen LogP contribution in [0.1, 0.15) is 25.0 Å². The van der Waals surface area contributed by atoms with Crippen LogP contribution < -0.4 is 0 Å². The van der Waals surface area contributed by atoms with Gasteiger partial charge in [0.05, 0.1) is 11.4 Å². The number of imidazole rings is 1. The van der Waals surface area contributed by atoms with Crippen molar-refractivity contribution in [3.63, 3.8) is 0 Å². The minimum atomic E-state index is -0.153. The second kappa shape index (κ2) is 13.9. The Labute approximate surface area is 371 Å². The van der Waals surface area contributed by atoms with Crippen LogP contribution in [0.4, 0.5) is 0 Å². The number of benzene rings is 10. The van der Waals surface area contributed by atoms with E-state index in [1.54, 1.807) is 6.20 Å². The fourth-order valence-electron chi connectivity index (χ4n) is 10.7. The molecule has 2 heterocycles. The first-order valence-electron chi connectivity index (χ1n) is 22.1. The zero-order valence-corrected chi connectivity index (χ0v) is 35.5. The van der Waals surface area contributed by atoms with Crippen molar-refractivity contribution < 1.29 is 0 Å². The first-order valence-corrected chi connectivity index (χ1v) is 22.1. The number of rotatable bonds is 5. The Morgan fingerprint density at radius 2 is 0.969 bits per heavy atom.